The van der Waals surface area contributed by atoms with Gasteiger partial charge in [0.2, 0.25) is 0 Å². The van der Waals surface area contributed by atoms with Gasteiger partial charge in [-0.15, -0.1) is 0 Å². The molecule has 14 heavy (non-hydrogen) atoms. The molecule has 1 unspecified atom stereocenters. The third-order valence-corrected chi connectivity index (χ3v) is 2.14. The zero-order valence-electron chi connectivity index (χ0n) is 8.80. The van der Waals surface area contributed by atoms with Crippen molar-refractivity contribution in [2.45, 2.75) is 45.6 Å². The highest BCUT2D eigenvalue weighted by atomic mass is 16.5. The van der Waals surface area contributed by atoms with E-state index in [4.69, 9.17) is 4.74 Å². The molecule has 0 saturated carbocycles. The van der Waals surface area contributed by atoms with Gasteiger partial charge in [-0.2, -0.15) is 0 Å². The molecule has 2 heteroatoms. The molecule has 1 heterocycles. The fourth-order valence-electron chi connectivity index (χ4n) is 1.28. The first-order chi connectivity index (χ1) is 6.74. The summed E-state index contributed by atoms with van der Waals surface area (Å²) in [5.41, 5.74) is 0.812. The molecule has 0 fully saturated rings. The van der Waals surface area contributed by atoms with Gasteiger partial charge in [-0.05, 0) is 13.3 Å². The molecular weight excluding hydrogens is 176 g/mol. The number of cyclic esters (lactones) is 1. The van der Waals surface area contributed by atoms with E-state index >= 15 is 0 Å². The lowest BCUT2D eigenvalue weighted by Crippen LogP contribution is -2.04. The lowest BCUT2D eigenvalue weighted by atomic mass is 10.1. The van der Waals surface area contributed by atoms with Crippen LogP contribution in [0.4, 0.5) is 0 Å². The maximum Gasteiger partial charge on any atom is 0.332 e. The van der Waals surface area contributed by atoms with Crippen LogP contribution in [0.1, 0.15) is 39.5 Å². The predicted molar refractivity (Wildman–Crippen MR) is 55.6 cm³/mol. The van der Waals surface area contributed by atoms with Crippen molar-refractivity contribution in [2.75, 3.05) is 0 Å². The van der Waals surface area contributed by atoms with Gasteiger partial charge in [0, 0.05) is 18.1 Å². The van der Waals surface area contributed by atoms with Crippen LogP contribution in [0.15, 0.2) is 11.6 Å². The maximum absolute atomic E-state index is 10.8. The Morgan fingerprint density at radius 3 is 2.86 bits per heavy atom. The molecule has 1 aliphatic heterocycles. The molecular formula is C12H16O2. The normalized spacial score (nSPS) is 19.7. The first-order valence-electron chi connectivity index (χ1n) is 5.15. The predicted octanol–water partition coefficient (Wildman–Crippen LogP) is 2.44. The Kier molecular flexibility index (Phi) is 4.25. The van der Waals surface area contributed by atoms with Crippen molar-refractivity contribution >= 4 is 5.97 Å². The van der Waals surface area contributed by atoms with Crippen molar-refractivity contribution in [1.82, 2.24) is 0 Å². The summed E-state index contributed by atoms with van der Waals surface area (Å²) in [4.78, 5) is 10.8. The zero-order chi connectivity index (χ0) is 10.4. The largest absolute Gasteiger partial charge is 0.454 e. The Hall–Kier alpha value is -1.23. The van der Waals surface area contributed by atoms with Crippen LogP contribution in [-0.4, -0.2) is 12.1 Å². The van der Waals surface area contributed by atoms with E-state index in [-0.39, 0.29) is 12.1 Å². The number of carbonyl (C=O) groups excluding carboxylic acids is 1. The smallest absolute Gasteiger partial charge is 0.332 e. The van der Waals surface area contributed by atoms with E-state index in [0.717, 1.165) is 18.4 Å². The number of rotatable bonds is 3. The molecule has 0 bridgehead atoms. The number of hydrogen-bond acceptors (Lipinski definition) is 2. The summed E-state index contributed by atoms with van der Waals surface area (Å²) < 4.78 is 4.92. The first kappa shape index (κ1) is 10.8. The molecule has 1 aliphatic rings. The topological polar surface area (TPSA) is 26.3 Å². The number of carbonyl (C=O) groups is 1. The van der Waals surface area contributed by atoms with Crippen molar-refractivity contribution in [3.05, 3.63) is 11.6 Å². The number of unbranched alkanes of at least 4 members (excludes halogenated alkanes) is 3. The molecule has 0 aromatic rings. The van der Waals surface area contributed by atoms with E-state index < -0.39 is 0 Å². The van der Waals surface area contributed by atoms with Crippen LogP contribution in [0, 0.1) is 11.8 Å². The van der Waals surface area contributed by atoms with Gasteiger partial charge in [-0.3, -0.25) is 0 Å². The number of esters is 1. The standard InChI is InChI=1S/C12H16O2/c1-3-4-5-6-7-8-11-9-12(13)14-10(11)2/h9-10H,3-6H2,1-2H3. The fourth-order valence-corrected chi connectivity index (χ4v) is 1.28. The van der Waals surface area contributed by atoms with E-state index in [2.05, 4.69) is 18.8 Å². The summed E-state index contributed by atoms with van der Waals surface area (Å²) in [5.74, 6) is 5.78. The van der Waals surface area contributed by atoms with E-state index in [1.165, 1.54) is 18.9 Å². The first-order valence-corrected chi connectivity index (χ1v) is 5.15. The van der Waals surface area contributed by atoms with E-state index in [9.17, 15) is 4.79 Å². The summed E-state index contributed by atoms with van der Waals surface area (Å²) in [6.45, 7) is 4.01. The molecule has 76 valence electrons. The number of ether oxygens (including phenoxy) is 1. The molecule has 0 aromatic heterocycles. The minimum absolute atomic E-state index is 0.152. The Morgan fingerprint density at radius 1 is 1.50 bits per heavy atom. The lowest BCUT2D eigenvalue weighted by molar-refractivity contribution is -0.138. The molecule has 1 rings (SSSR count). The summed E-state index contributed by atoms with van der Waals surface area (Å²) >= 11 is 0. The Labute approximate surface area is 85.3 Å². The molecule has 0 amide bonds. The second-order valence-corrected chi connectivity index (χ2v) is 3.44. The molecule has 0 aromatic carbocycles. The van der Waals surface area contributed by atoms with Crippen LogP contribution in [0.25, 0.3) is 0 Å². The van der Waals surface area contributed by atoms with Gasteiger partial charge in [0.25, 0.3) is 0 Å². The van der Waals surface area contributed by atoms with Crippen LogP contribution in [0.2, 0.25) is 0 Å². The van der Waals surface area contributed by atoms with Crippen molar-refractivity contribution < 1.29 is 9.53 Å². The second-order valence-electron chi connectivity index (χ2n) is 3.44. The SMILES string of the molecule is CCCCCC#CC1=CC(=O)OC1C. The van der Waals surface area contributed by atoms with Gasteiger partial charge in [0.1, 0.15) is 6.10 Å². The molecule has 1 atom stereocenters. The fraction of sp³-hybridized carbons (Fsp3) is 0.583. The molecule has 0 radical (unpaired) electrons. The van der Waals surface area contributed by atoms with Crippen LogP contribution in [0.3, 0.4) is 0 Å². The van der Waals surface area contributed by atoms with E-state index in [1.54, 1.807) is 0 Å². The molecule has 0 spiro atoms. The van der Waals surface area contributed by atoms with Crippen LogP contribution >= 0.6 is 0 Å². The maximum atomic E-state index is 10.8. The molecule has 2 nitrogen and oxygen atoms in total. The highest BCUT2D eigenvalue weighted by Gasteiger charge is 2.19. The quantitative estimate of drug-likeness (QED) is 0.390. The molecule has 0 N–H and O–H groups in total. The monoisotopic (exact) mass is 192 g/mol. The minimum Gasteiger partial charge on any atom is -0.454 e. The Bertz CT molecular complexity index is 291. The van der Waals surface area contributed by atoms with Crippen molar-refractivity contribution in [3.63, 3.8) is 0 Å². The lowest BCUT2D eigenvalue weighted by Gasteiger charge is -2.01. The van der Waals surface area contributed by atoms with Gasteiger partial charge >= 0.3 is 5.97 Å². The third kappa shape index (κ3) is 3.26. The van der Waals surface area contributed by atoms with E-state index in [1.807, 2.05) is 6.92 Å². The van der Waals surface area contributed by atoms with Crippen LogP contribution in [-0.2, 0) is 9.53 Å². The van der Waals surface area contributed by atoms with Crippen molar-refractivity contribution in [2.24, 2.45) is 0 Å². The van der Waals surface area contributed by atoms with Crippen molar-refractivity contribution in [3.8, 4) is 11.8 Å². The van der Waals surface area contributed by atoms with Crippen LogP contribution < -0.4 is 0 Å². The van der Waals surface area contributed by atoms with Gasteiger partial charge in [-0.1, -0.05) is 31.6 Å². The Balaban J connectivity index is 2.36. The van der Waals surface area contributed by atoms with Gasteiger partial charge in [0.15, 0.2) is 0 Å². The molecule has 0 aliphatic carbocycles. The van der Waals surface area contributed by atoms with E-state index in [0.29, 0.717) is 0 Å². The minimum atomic E-state index is -0.268. The second kappa shape index (κ2) is 5.49. The van der Waals surface area contributed by atoms with Gasteiger partial charge in [-0.25, -0.2) is 4.79 Å². The van der Waals surface area contributed by atoms with Gasteiger partial charge < -0.3 is 4.74 Å². The van der Waals surface area contributed by atoms with Gasteiger partial charge in [0.05, 0.1) is 0 Å². The Morgan fingerprint density at radius 2 is 2.29 bits per heavy atom. The molecule has 0 saturated heterocycles. The summed E-state index contributed by atoms with van der Waals surface area (Å²) in [6.07, 6.45) is 5.81. The highest BCUT2D eigenvalue weighted by Crippen LogP contribution is 2.13. The average molecular weight is 192 g/mol. The average Bonchev–Trinajstić information content (AvgIpc) is 2.45. The summed E-state index contributed by atoms with van der Waals surface area (Å²) in [7, 11) is 0. The highest BCUT2D eigenvalue weighted by molar-refractivity contribution is 5.87. The summed E-state index contributed by atoms with van der Waals surface area (Å²) in [6, 6.07) is 0. The third-order valence-electron chi connectivity index (χ3n) is 2.14. The van der Waals surface area contributed by atoms with Crippen molar-refractivity contribution in [1.29, 1.82) is 0 Å². The summed E-state index contributed by atoms with van der Waals surface area (Å²) in [5, 5.41) is 0. The van der Waals surface area contributed by atoms with Crippen LogP contribution in [0.5, 0.6) is 0 Å². The zero-order valence-corrected chi connectivity index (χ0v) is 8.80. The number of hydrogen-bond donors (Lipinski definition) is 0.